The monoisotopic (exact) mass is 362 g/mol. The van der Waals surface area contributed by atoms with Crippen molar-refractivity contribution in [3.63, 3.8) is 0 Å². The summed E-state index contributed by atoms with van der Waals surface area (Å²) in [6.45, 7) is 6.32. The average Bonchev–Trinajstić information content (AvgIpc) is 2.93. The summed E-state index contributed by atoms with van der Waals surface area (Å²) < 4.78 is 5.81. The standard InChI is InChI=1S/C20H27ClN2O2/c1-15-10-19(14-25-15)6-8-23(9-7-19)18(24)20(12-22-13-20)11-16-2-4-17(21)5-3-16/h2-5,15,22H,6-14H2,1H3. The van der Waals surface area contributed by atoms with E-state index >= 15 is 0 Å². The molecule has 3 aliphatic heterocycles. The van der Waals surface area contributed by atoms with Gasteiger partial charge in [0.2, 0.25) is 5.91 Å². The molecule has 4 rings (SSSR count). The molecule has 136 valence electrons. The molecular weight excluding hydrogens is 336 g/mol. The summed E-state index contributed by atoms with van der Waals surface area (Å²) in [5, 5.41) is 4.06. The zero-order chi connectivity index (χ0) is 17.5. The largest absolute Gasteiger partial charge is 0.378 e. The van der Waals surface area contributed by atoms with E-state index in [1.54, 1.807) is 0 Å². The number of halogens is 1. The molecule has 3 heterocycles. The van der Waals surface area contributed by atoms with Crippen molar-refractivity contribution in [3.05, 3.63) is 34.9 Å². The number of hydrogen-bond donors (Lipinski definition) is 1. The molecule has 1 aromatic carbocycles. The number of piperidine rings is 1. The molecule has 25 heavy (non-hydrogen) atoms. The number of likely N-dealkylation sites (tertiary alicyclic amines) is 1. The third-order valence-electron chi connectivity index (χ3n) is 6.34. The zero-order valence-electron chi connectivity index (χ0n) is 14.9. The van der Waals surface area contributed by atoms with E-state index < -0.39 is 0 Å². The van der Waals surface area contributed by atoms with Crippen LogP contribution in [0.3, 0.4) is 0 Å². The molecule has 5 heteroatoms. The molecule has 0 radical (unpaired) electrons. The van der Waals surface area contributed by atoms with Crippen LogP contribution in [0.2, 0.25) is 5.02 Å². The number of ether oxygens (including phenoxy) is 1. The van der Waals surface area contributed by atoms with Gasteiger partial charge in [-0.3, -0.25) is 4.79 Å². The first-order valence-corrected chi connectivity index (χ1v) is 9.74. The number of rotatable bonds is 3. The highest BCUT2D eigenvalue weighted by molar-refractivity contribution is 6.30. The molecule has 3 aliphatic rings. The van der Waals surface area contributed by atoms with E-state index in [9.17, 15) is 4.79 Å². The highest BCUT2D eigenvalue weighted by Crippen LogP contribution is 2.43. The molecule has 0 aliphatic carbocycles. The topological polar surface area (TPSA) is 41.6 Å². The third-order valence-corrected chi connectivity index (χ3v) is 6.59. The van der Waals surface area contributed by atoms with Crippen molar-refractivity contribution in [1.29, 1.82) is 0 Å². The summed E-state index contributed by atoms with van der Waals surface area (Å²) >= 11 is 5.99. The number of carbonyl (C=O) groups excluding carboxylic acids is 1. The van der Waals surface area contributed by atoms with E-state index in [-0.39, 0.29) is 5.41 Å². The van der Waals surface area contributed by atoms with Gasteiger partial charge < -0.3 is 15.0 Å². The van der Waals surface area contributed by atoms with Crippen molar-refractivity contribution in [1.82, 2.24) is 10.2 Å². The van der Waals surface area contributed by atoms with Crippen LogP contribution in [0.5, 0.6) is 0 Å². The summed E-state index contributed by atoms with van der Waals surface area (Å²) in [4.78, 5) is 15.4. The van der Waals surface area contributed by atoms with Crippen LogP contribution in [0.4, 0.5) is 0 Å². The fourth-order valence-electron chi connectivity index (χ4n) is 4.69. The second-order valence-electron chi connectivity index (χ2n) is 8.31. The minimum atomic E-state index is -0.280. The molecule has 0 aromatic heterocycles. The van der Waals surface area contributed by atoms with Crippen LogP contribution >= 0.6 is 11.6 Å². The Bertz CT molecular complexity index is 634. The Morgan fingerprint density at radius 2 is 1.96 bits per heavy atom. The summed E-state index contributed by atoms with van der Waals surface area (Å²) in [5.74, 6) is 0.322. The van der Waals surface area contributed by atoms with E-state index in [0.717, 1.165) is 63.5 Å². The summed E-state index contributed by atoms with van der Waals surface area (Å²) in [7, 11) is 0. The number of nitrogens with one attached hydrogen (secondary N) is 1. The SMILES string of the molecule is CC1CC2(CCN(C(=O)C3(Cc4ccc(Cl)cc4)CNC3)CC2)CO1. The van der Waals surface area contributed by atoms with Gasteiger partial charge in [0.1, 0.15) is 0 Å². The van der Waals surface area contributed by atoms with Gasteiger partial charge in [0.25, 0.3) is 0 Å². The number of hydrogen-bond acceptors (Lipinski definition) is 3. The average molecular weight is 363 g/mol. The lowest BCUT2D eigenvalue weighted by Crippen LogP contribution is -2.64. The first kappa shape index (κ1) is 17.3. The maximum atomic E-state index is 13.3. The summed E-state index contributed by atoms with van der Waals surface area (Å²) in [6.07, 6.45) is 4.46. The van der Waals surface area contributed by atoms with Crippen LogP contribution in [-0.2, 0) is 16.0 Å². The second kappa shape index (κ2) is 6.57. The fourth-order valence-corrected chi connectivity index (χ4v) is 4.81. The number of carbonyl (C=O) groups is 1. The zero-order valence-corrected chi connectivity index (χ0v) is 15.6. The van der Waals surface area contributed by atoms with Gasteiger partial charge >= 0.3 is 0 Å². The van der Waals surface area contributed by atoms with Crippen LogP contribution in [0, 0.1) is 10.8 Å². The molecule has 0 saturated carbocycles. The van der Waals surface area contributed by atoms with Crippen molar-refractivity contribution in [2.75, 3.05) is 32.8 Å². The molecule has 1 N–H and O–H groups in total. The second-order valence-corrected chi connectivity index (χ2v) is 8.74. The van der Waals surface area contributed by atoms with Crippen LogP contribution < -0.4 is 5.32 Å². The van der Waals surface area contributed by atoms with E-state index in [1.807, 2.05) is 24.3 Å². The van der Waals surface area contributed by atoms with Crippen LogP contribution in [-0.4, -0.2) is 49.7 Å². The van der Waals surface area contributed by atoms with Crippen molar-refractivity contribution in [2.45, 2.75) is 38.7 Å². The molecule has 3 fully saturated rings. The Hall–Kier alpha value is -1.10. The van der Waals surface area contributed by atoms with Crippen LogP contribution in [0.15, 0.2) is 24.3 Å². The number of amides is 1. The highest BCUT2D eigenvalue weighted by Gasteiger charge is 2.49. The quantitative estimate of drug-likeness (QED) is 0.899. The predicted octanol–water partition coefficient (Wildman–Crippen LogP) is 2.89. The number of benzene rings is 1. The van der Waals surface area contributed by atoms with Gasteiger partial charge in [-0.25, -0.2) is 0 Å². The Balaban J connectivity index is 1.41. The van der Waals surface area contributed by atoms with Gasteiger partial charge in [-0.05, 0) is 55.7 Å². The molecule has 1 unspecified atom stereocenters. The first-order chi connectivity index (χ1) is 12.0. The Morgan fingerprint density at radius 3 is 2.48 bits per heavy atom. The van der Waals surface area contributed by atoms with E-state index in [1.165, 1.54) is 5.56 Å². The van der Waals surface area contributed by atoms with Gasteiger partial charge in [-0.2, -0.15) is 0 Å². The van der Waals surface area contributed by atoms with Crippen molar-refractivity contribution >= 4 is 17.5 Å². The Labute approximate surface area is 154 Å². The molecule has 1 spiro atoms. The van der Waals surface area contributed by atoms with Gasteiger partial charge in [-0.15, -0.1) is 0 Å². The third kappa shape index (κ3) is 3.32. The molecular formula is C20H27ClN2O2. The molecule has 0 bridgehead atoms. The molecule has 3 saturated heterocycles. The summed E-state index contributed by atoms with van der Waals surface area (Å²) in [5.41, 5.74) is 1.22. The minimum Gasteiger partial charge on any atom is -0.378 e. The van der Waals surface area contributed by atoms with Gasteiger partial charge in [0.05, 0.1) is 18.1 Å². The first-order valence-electron chi connectivity index (χ1n) is 9.37. The smallest absolute Gasteiger partial charge is 0.231 e. The molecule has 1 aromatic rings. The van der Waals surface area contributed by atoms with Gasteiger partial charge in [-0.1, -0.05) is 23.7 Å². The Morgan fingerprint density at radius 1 is 1.28 bits per heavy atom. The van der Waals surface area contributed by atoms with Crippen molar-refractivity contribution in [3.8, 4) is 0 Å². The fraction of sp³-hybridized carbons (Fsp3) is 0.650. The lowest BCUT2D eigenvalue weighted by atomic mass is 9.73. The molecule has 1 amide bonds. The normalized spacial score (nSPS) is 27.3. The Kier molecular flexibility index (Phi) is 4.55. The summed E-state index contributed by atoms with van der Waals surface area (Å²) in [6, 6.07) is 7.90. The van der Waals surface area contributed by atoms with Crippen LogP contribution in [0.1, 0.15) is 31.7 Å². The van der Waals surface area contributed by atoms with E-state index in [4.69, 9.17) is 16.3 Å². The van der Waals surface area contributed by atoms with Gasteiger partial charge in [0.15, 0.2) is 0 Å². The van der Waals surface area contributed by atoms with Crippen molar-refractivity contribution < 1.29 is 9.53 Å². The van der Waals surface area contributed by atoms with E-state index in [0.29, 0.717) is 17.4 Å². The predicted molar refractivity (Wildman–Crippen MR) is 98.7 cm³/mol. The van der Waals surface area contributed by atoms with Gasteiger partial charge in [0, 0.05) is 31.2 Å². The minimum absolute atomic E-state index is 0.280. The lowest BCUT2D eigenvalue weighted by Gasteiger charge is -2.47. The molecule has 1 atom stereocenters. The maximum Gasteiger partial charge on any atom is 0.231 e. The maximum absolute atomic E-state index is 13.3. The highest BCUT2D eigenvalue weighted by atomic mass is 35.5. The van der Waals surface area contributed by atoms with Crippen LogP contribution in [0.25, 0.3) is 0 Å². The number of nitrogens with zero attached hydrogens (tertiary/aromatic N) is 1. The molecule has 4 nitrogen and oxygen atoms in total. The van der Waals surface area contributed by atoms with E-state index in [2.05, 4.69) is 17.1 Å². The lowest BCUT2D eigenvalue weighted by molar-refractivity contribution is -0.147. The van der Waals surface area contributed by atoms with Crippen molar-refractivity contribution in [2.24, 2.45) is 10.8 Å².